The van der Waals surface area contributed by atoms with Crippen LogP contribution in [0.5, 0.6) is 11.5 Å². The van der Waals surface area contributed by atoms with Gasteiger partial charge in [0, 0.05) is 0 Å². The van der Waals surface area contributed by atoms with Crippen LogP contribution in [-0.4, -0.2) is 21.9 Å². The SMILES string of the molecule is O=C1/C(=C\c2cc3c(cc2[N+](=O)[O-])OCO3)SC(=S)N1c1cccc(F)c1. The van der Waals surface area contributed by atoms with Gasteiger partial charge in [-0.1, -0.05) is 30.0 Å². The lowest BCUT2D eigenvalue weighted by Gasteiger charge is -2.14. The summed E-state index contributed by atoms with van der Waals surface area (Å²) in [5.74, 6) is -0.363. The molecular weight excluding hydrogens is 395 g/mol. The summed E-state index contributed by atoms with van der Waals surface area (Å²) < 4.78 is 24.1. The molecule has 1 fully saturated rings. The van der Waals surface area contributed by atoms with Crippen LogP contribution in [0.3, 0.4) is 0 Å². The molecule has 7 nitrogen and oxygen atoms in total. The summed E-state index contributed by atoms with van der Waals surface area (Å²) in [4.78, 5) is 24.9. The summed E-state index contributed by atoms with van der Waals surface area (Å²) in [6.07, 6.45) is 1.37. The number of nitro benzene ring substituents is 1. The first-order chi connectivity index (χ1) is 12.9. The zero-order chi connectivity index (χ0) is 19.1. The van der Waals surface area contributed by atoms with Crippen molar-refractivity contribution in [3.8, 4) is 11.5 Å². The molecule has 1 amide bonds. The minimum absolute atomic E-state index is 0.0301. The Hall–Kier alpha value is -2.98. The minimum atomic E-state index is -0.568. The Morgan fingerprint density at radius 3 is 2.70 bits per heavy atom. The summed E-state index contributed by atoms with van der Waals surface area (Å²) in [6, 6.07) is 8.16. The van der Waals surface area contributed by atoms with Crippen molar-refractivity contribution < 1.29 is 23.6 Å². The molecule has 2 aromatic carbocycles. The number of carbonyl (C=O) groups is 1. The number of fused-ring (bicyclic) bond motifs is 1. The van der Waals surface area contributed by atoms with Gasteiger partial charge in [0.1, 0.15) is 5.82 Å². The molecule has 0 spiro atoms. The van der Waals surface area contributed by atoms with Crippen LogP contribution in [0.2, 0.25) is 0 Å². The Morgan fingerprint density at radius 1 is 1.26 bits per heavy atom. The van der Waals surface area contributed by atoms with Crippen molar-refractivity contribution in [3.63, 3.8) is 0 Å². The second kappa shape index (κ2) is 6.63. The van der Waals surface area contributed by atoms with Gasteiger partial charge in [-0.05, 0) is 30.3 Å². The normalized spacial score (nSPS) is 17.1. The third-order valence-electron chi connectivity index (χ3n) is 3.87. The summed E-state index contributed by atoms with van der Waals surface area (Å²) in [6.45, 7) is -0.0301. The maximum atomic E-state index is 13.5. The van der Waals surface area contributed by atoms with E-state index in [4.69, 9.17) is 21.7 Å². The van der Waals surface area contributed by atoms with Crippen LogP contribution in [-0.2, 0) is 4.79 Å². The lowest BCUT2D eigenvalue weighted by Crippen LogP contribution is -2.27. The maximum absolute atomic E-state index is 13.5. The Bertz CT molecular complexity index is 1040. The third kappa shape index (κ3) is 3.13. The van der Waals surface area contributed by atoms with Crippen LogP contribution in [0.1, 0.15) is 5.56 Å². The number of hydrogen-bond donors (Lipinski definition) is 0. The largest absolute Gasteiger partial charge is 0.454 e. The fourth-order valence-electron chi connectivity index (χ4n) is 2.67. The summed E-state index contributed by atoms with van der Waals surface area (Å²) >= 11 is 6.21. The Morgan fingerprint density at radius 2 is 2.00 bits per heavy atom. The molecular formula is C17H9FN2O5S2. The Kier molecular flexibility index (Phi) is 4.28. The third-order valence-corrected chi connectivity index (χ3v) is 5.17. The quantitative estimate of drug-likeness (QED) is 0.332. The molecule has 2 aromatic rings. The zero-order valence-electron chi connectivity index (χ0n) is 13.4. The van der Waals surface area contributed by atoms with E-state index in [1.54, 1.807) is 6.07 Å². The first kappa shape index (κ1) is 17.4. The van der Waals surface area contributed by atoms with Gasteiger partial charge in [0.05, 0.1) is 27.1 Å². The first-order valence-electron chi connectivity index (χ1n) is 7.55. The van der Waals surface area contributed by atoms with Gasteiger partial charge in [-0.3, -0.25) is 19.8 Å². The number of amides is 1. The standard InChI is InChI=1S/C17H9FN2O5S2/c18-10-2-1-3-11(6-10)19-16(21)15(27-17(19)26)5-9-4-13-14(25-8-24-13)7-12(9)20(22)23/h1-7H,8H2/b15-5+. The molecule has 0 radical (unpaired) electrons. The Balaban J connectivity index is 1.74. The van der Waals surface area contributed by atoms with Gasteiger partial charge in [0.25, 0.3) is 11.6 Å². The molecule has 0 unspecified atom stereocenters. The molecule has 10 heteroatoms. The number of thioether (sulfide) groups is 1. The highest BCUT2D eigenvalue weighted by Crippen LogP contribution is 2.41. The number of anilines is 1. The zero-order valence-corrected chi connectivity index (χ0v) is 15.0. The van der Waals surface area contributed by atoms with Crippen molar-refractivity contribution in [3.05, 3.63) is 62.8 Å². The van der Waals surface area contributed by atoms with Gasteiger partial charge < -0.3 is 9.47 Å². The summed E-state index contributed by atoms with van der Waals surface area (Å²) in [5, 5.41) is 11.4. The van der Waals surface area contributed by atoms with Crippen LogP contribution in [0.4, 0.5) is 15.8 Å². The molecule has 4 rings (SSSR count). The van der Waals surface area contributed by atoms with Crippen LogP contribution < -0.4 is 14.4 Å². The molecule has 0 aliphatic carbocycles. The van der Waals surface area contributed by atoms with Crippen molar-refractivity contribution in [2.45, 2.75) is 0 Å². The highest BCUT2D eigenvalue weighted by Gasteiger charge is 2.34. The van der Waals surface area contributed by atoms with Crippen molar-refractivity contribution in [1.82, 2.24) is 0 Å². The summed E-state index contributed by atoms with van der Waals surface area (Å²) in [7, 11) is 0. The summed E-state index contributed by atoms with van der Waals surface area (Å²) in [5.41, 5.74) is 0.250. The molecule has 136 valence electrons. The number of ether oxygens (including phenoxy) is 2. The van der Waals surface area contributed by atoms with Gasteiger partial charge in [0.15, 0.2) is 15.8 Å². The lowest BCUT2D eigenvalue weighted by atomic mass is 10.1. The molecule has 0 aromatic heterocycles. The number of rotatable bonds is 3. The van der Waals surface area contributed by atoms with Gasteiger partial charge in [-0.15, -0.1) is 0 Å². The van der Waals surface area contributed by atoms with E-state index >= 15 is 0 Å². The van der Waals surface area contributed by atoms with Crippen LogP contribution >= 0.6 is 24.0 Å². The number of halogens is 1. The van der Waals surface area contributed by atoms with Crippen molar-refractivity contribution >= 4 is 51.7 Å². The molecule has 0 bridgehead atoms. The van der Waals surface area contributed by atoms with Gasteiger partial charge in [-0.25, -0.2) is 4.39 Å². The average Bonchev–Trinajstić information content (AvgIpc) is 3.18. The average molecular weight is 404 g/mol. The van der Waals surface area contributed by atoms with Crippen LogP contribution in [0.25, 0.3) is 6.08 Å². The van der Waals surface area contributed by atoms with Gasteiger partial charge in [-0.2, -0.15) is 0 Å². The van der Waals surface area contributed by atoms with E-state index in [0.717, 1.165) is 11.8 Å². The predicted octanol–water partition coefficient (Wildman–Crippen LogP) is 3.87. The molecule has 2 aliphatic rings. The van der Waals surface area contributed by atoms with E-state index in [1.807, 2.05) is 0 Å². The lowest BCUT2D eigenvalue weighted by molar-refractivity contribution is -0.385. The monoisotopic (exact) mass is 404 g/mol. The molecule has 2 heterocycles. The van der Waals surface area contributed by atoms with E-state index in [2.05, 4.69) is 0 Å². The fraction of sp³-hybridized carbons (Fsp3) is 0.0588. The van der Waals surface area contributed by atoms with Gasteiger partial charge in [0.2, 0.25) is 6.79 Å². The topological polar surface area (TPSA) is 81.9 Å². The molecule has 1 saturated heterocycles. The van der Waals surface area contributed by atoms with Crippen molar-refractivity contribution in [2.24, 2.45) is 0 Å². The van der Waals surface area contributed by atoms with E-state index in [1.165, 1.54) is 41.3 Å². The number of nitro groups is 1. The number of carbonyl (C=O) groups excluding carboxylic acids is 1. The number of hydrogen-bond acceptors (Lipinski definition) is 7. The number of thiocarbonyl (C=S) groups is 1. The van der Waals surface area contributed by atoms with E-state index in [0.29, 0.717) is 11.4 Å². The molecule has 0 atom stereocenters. The first-order valence-corrected chi connectivity index (χ1v) is 8.78. The molecule has 27 heavy (non-hydrogen) atoms. The van der Waals surface area contributed by atoms with E-state index in [9.17, 15) is 19.3 Å². The van der Waals surface area contributed by atoms with E-state index < -0.39 is 16.6 Å². The highest BCUT2D eigenvalue weighted by molar-refractivity contribution is 8.27. The second-order valence-corrected chi connectivity index (χ2v) is 7.19. The van der Waals surface area contributed by atoms with Crippen molar-refractivity contribution in [2.75, 3.05) is 11.7 Å². The molecule has 0 N–H and O–H groups in total. The fourth-order valence-corrected chi connectivity index (χ4v) is 3.96. The highest BCUT2D eigenvalue weighted by atomic mass is 32.2. The second-order valence-electron chi connectivity index (χ2n) is 5.52. The number of nitrogens with zero attached hydrogens (tertiary/aromatic N) is 2. The van der Waals surface area contributed by atoms with E-state index in [-0.39, 0.29) is 33.0 Å². The smallest absolute Gasteiger partial charge is 0.280 e. The van der Waals surface area contributed by atoms with Crippen molar-refractivity contribution in [1.29, 1.82) is 0 Å². The molecule has 2 aliphatic heterocycles. The maximum Gasteiger partial charge on any atom is 0.280 e. The number of benzene rings is 2. The van der Waals surface area contributed by atoms with Crippen LogP contribution in [0, 0.1) is 15.9 Å². The molecule has 0 saturated carbocycles. The predicted molar refractivity (Wildman–Crippen MR) is 101 cm³/mol. The van der Waals surface area contributed by atoms with Gasteiger partial charge >= 0.3 is 0 Å². The Labute approximate surface area is 161 Å². The van der Waals surface area contributed by atoms with Crippen LogP contribution in [0.15, 0.2) is 41.3 Å². The minimum Gasteiger partial charge on any atom is -0.454 e.